The van der Waals surface area contributed by atoms with Crippen LogP contribution in [0, 0.1) is 5.92 Å². The summed E-state index contributed by atoms with van der Waals surface area (Å²) in [6.45, 7) is 5.16. The molecule has 1 aromatic heterocycles. The van der Waals surface area contributed by atoms with Crippen molar-refractivity contribution in [2.24, 2.45) is 5.92 Å². The molecule has 1 saturated carbocycles. The summed E-state index contributed by atoms with van der Waals surface area (Å²) in [6, 6.07) is 0. The summed E-state index contributed by atoms with van der Waals surface area (Å²) in [5.41, 5.74) is -2.15. The average Bonchev–Trinajstić information content (AvgIpc) is 3.11. The van der Waals surface area contributed by atoms with Crippen LogP contribution in [0.2, 0.25) is 5.02 Å². The van der Waals surface area contributed by atoms with Crippen LogP contribution >= 0.6 is 11.6 Å². The summed E-state index contributed by atoms with van der Waals surface area (Å²) < 4.78 is 6.62. The summed E-state index contributed by atoms with van der Waals surface area (Å²) in [5, 5.41) is 16.7. The molecular formula is C14H20ClN3O4. The van der Waals surface area contributed by atoms with Crippen LogP contribution in [-0.4, -0.2) is 38.1 Å². The second-order valence-corrected chi connectivity index (χ2v) is 6.97. The highest BCUT2D eigenvalue weighted by molar-refractivity contribution is 6.30. The lowest BCUT2D eigenvalue weighted by molar-refractivity contribution is -0.146. The van der Waals surface area contributed by atoms with Crippen molar-refractivity contribution < 1.29 is 19.4 Å². The molecule has 1 aromatic rings. The first-order valence-electron chi connectivity index (χ1n) is 7.05. The molecule has 1 aliphatic carbocycles. The highest BCUT2D eigenvalue weighted by Crippen LogP contribution is 2.41. The Morgan fingerprint density at radius 2 is 2.14 bits per heavy atom. The fourth-order valence-corrected chi connectivity index (χ4v) is 2.46. The lowest BCUT2D eigenvalue weighted by Gasteiger charge is -2.31. The minimum Gasteiger partial charge on any atom is -0.479 e. The molecule has 1 heterocycles. The SMILES string of the molecule is CC(C)(C)OC(=O)NC(Cn1cc(Cl)cn1)(C(=O)O)C1CC1. The standard InChI is InChI=1S/C14H20ClN3O4/c1-13(2,3)22-12(21)17-14(11(19)20,9-4-5-9)8-18-7-10(15)6-16-18/h6-7,9H,4-5,8H2,1-3H3,(H,17,21)(H,19,20). The summed E-state index contributed by atoms with van der Waals surface area (Å²) >= 11 is 5.81. The molecule has 1 aliphatic rings. The third kappa shape index (κ3) is 3.91. The van der Waals surface area contributed by atoms with Gasteiger partial charge in [-0.25, -0.2) is 9.59 Å². The lowest BCUT2D eigenvalue weighted by atomic mass is 9.93. The van der Waals surface area contributed by atoms with Crippen molar-refractivity contribution in [2.75, 3.05) is 0 Å². The fraction of sp³-hybridized carbons (Fsp3) is 0.643. The molecule has 8 heteroatoms. The van der Waals surface area contributed by atoms with Crippen LogP contribution in [0.5, 0.6) is 0 Å². The van der Waals surface area contributed by atoms with E-state index in [0.29, 0.717) is 5.02 Å². The molecule has 1 unspecified atom stereocenters. The number of aromatic nitrogens is 2. The number of carboxylic acid groups (broad SMARTS) is 1. The number of aliphatic carboxylic acids is 1. The number of carbonyl (C=O) groups excluding carboxylic acids is 1. The Morgan fingerprint density at radius 3 is 2.55 bits per heavy atom. The highest BCUT2D eigenvalue weighted by Gasteiger charge is 2.53. The van der Waals surface area contributed by atoms with Crippen LogP contribution in [0.25, 0.3) is 0 Å². The summed E-state index contributed by atoms with van der Waals surface area (Å²) in [6.07, 6.45) is 3.67. The van der Waals surface area contributed by atoms with Crippen molar-refractivity contribution >= 4 is 23.7 Å². The molecule has 1 fully saturated rings. The third-order valence-electron chi connectivity index (χ3n) is 3.39. The van der Waals surface area contributed by atoms with Gasteiger partial charge in [0.25, 0.3) is 0 Å². The van der Waals surface area contributed by atoms with Gasteiger partial charge in [0.05, 0.1) is 17.8 Å². The predicted octanol–water partition coefficient (Wildman–Crippen LogP) is 2.29. The molecule has 22 heavy (non-hydrogen) atoms. The van der Waals surface area contributed by atoms with Crippen molar-refractivity contribution in [3.8, 4) is 0 Å². The summed E-state index contributed by atoms with van der Waals surface area (Å²) in [7, 11) is 0. The van der Waals surface area contributed by atoms with Crippen LogP contribution in [0.3, 0.4) is 0 Å². The minimum absolute atomic E-state index is 0.00103. The lowest BCUT2D eigenvalue weighted by Crippen LogP contribution is -2.59. The first-order valence-corrected chi connectivity index (χ1v) is 7.43. The van der Waals surface area contributed by atoms with Crippen molar-refractivity contribution in [3.63, 3.8) is 0 Å². The first-order chi connectivity index (χ1) is 10.1. The van der Waals surface area contributed by atoms with Gasteiger partial charge in [-0.2, -0.15) is 5.10 Å². The molecule has 0 saturated heterocycles. The quantitative estimate of drug-likeness (QED) is 0.864. The number of alkyl carbamates (subject to hydrolysis) is 1. The average molecular weight is 330 g/mol. The van der Waals surface area contributed by atoms with E-state index in [0.717, 1.165) is 12.8 Å². The maximum Gasteiger partial charge on any atom is 0.408 e. The Labute approximate surface area is 133 Å². The Kier molecular flexibility index (Phi) is 4.37. The van der Waals surface area contributed by atoms with E-state index in [1.807, 2.05) is 0 Å². The number of hydrogen-bond acceptors (Lipinski definition) is 4. The van der Waals surface area contributed by atoms with E-state index >= 15 is 0 Å². The Bertz CT molecular complexity index is 577. The van der Waals surface area contributed by atoms with E-state index in [9.17, 15) is 14.7 Å². The van der Waals surface area contributed by atoms with Gasteiger partial charge >= 0.3 is 12.1 Å². The summed E-state index contributed by atoms with van der Waals surface area (Å²) in [4.78, 5) is 23.9. The Balaban J connectivity index is 2.21. The van der Waals surface area contributed by atoms with Gasteiger partial charge in [0.2, 0.25) is 0 Å². The molecule has 0 spiro atoms. The van der Waals surface area contributed by atoms with Crippen molar-refractivity contribution in [1.82, 2.24) is 15.1 Å². The molecule has 2 rings (SSSR count). The van der Waals surface area contributed by atoms with E-state index in [2.05, 4.69) is 10.4 Å². The van der Waals surface area contributed by atoms with Crippen LogP contribution < -0.4 is 5.32 Å². The van der Waals surface area contributed by atoms with Gasteiger partial charge in [-0.1, -0.05) is 11.6 Å². The number of ether oxygens (including phenoxy) is 1. The van der Waals surface area contributed by atoms with E-state index in [-0.39, 0.29) is 12.5 Å². The first kappa shape index (κ1) is 16.6. The Hall–Kier alpha value is -1.76. The molecule has 0 radical (unpaired) electrons. The number of rotatable bonds is 5. The van der Waals surface area contributed by atoms with Crippen molar-refractivity contribution in [3.05, 3.63) is 17.4 Å². The second kappa shape index (κ2) is 5.79. The molecule has 2 N–H and O–H groups in total. The maximum atomic E-state index is 12.1. The molecular weight excluding hydrogens is 310 g/mol. The second-order valence-electron chi connectivity index (χ2n) is 6.53. The van der Waals surface area contributed by atoms with Crippen molar-refractivity contribution in [2.45, 2.75) is 51.3 Å². The molecule has 0 bridgehead atoms. The number of carboxylic acids is 1. The number of halogens is 1. The topological polar surface area (TPSA) is 93.5 Å². The smallest absolute Gasteiger partial charge is 0.408 e. The third-order valence-corrected chi connectivity index (χ3v) is 3.59. The maximum absolute atomic E-state index is 12.1. The molecule has 0 aliphatic heterocycles. The fourth-order valence-electron chi connectivity index (χ4n) is 2.31. The number of nitrogens with zero attached hydrogens (tertiary/aromatic N) is 2. The normalized spacial score (nSPS) is 17.6. The Morgan fingerprint density at radius 1 is 1.50 bits per heavy atom. The monoisotopic (exact) mass is 329 g/mol. The van der Waals surface area contributed by atoms with Crippen LogP contribution in [0.15, 0.2) is 12.4 Å². The van der Waals surface area contributed by atoms with E-state index < -0.39 is 23.2 Å². The molecule has 7 nitrogen and oxygen atoms in total. The van der Waals surface area contributed by atoms with Gasteiger partial charge in [-0.05, 0) is 39.5 Å². The van der Waals surface area contributed by atoms with Gasteiger partial charge < -0.3 is 15.2 Å². The number of amides is 1. The molecule has 1 atom stereocenters. The van der Waals surface area contributed by atoms with Gasteiger partial charge in [-0.15, -0.1) is 0 Å². The van der Waals surface area contributed by atoms with Gasteiger partial charge in [-0.3, -0.25) is 4.68 Å². The summed E-state index contributed by atoms with van der Waals surface area (Å²) in [5.74, 6) is -1.26. The van der Waals surface area contributed by atoms with Crippen LogP contribution in [0.1, 0.15) is 33.6 Å². The number of hydrogen-bond donors (Lipinski definition) is 2. The largest absolute Gasteiger partial charge is 0.479 e. The van der Waals surface area contributed by atoms with Gasteiger partial charge in [0, 0.05) is 6.20 Å². The zero-order valence-corrected chi connectivity index (χ0v) is 13.6. The van der Waals surface area contributed by atoms with Crippen LogP contribution in [-0.2, 0) is 16.1 Å². The van der Waals surface area contributed by atoms with E-state index in [1.165, 1.54) is 17.1 Å². The highest BCUT2D eigenvalue weighted by atomic mass is 35.5. The zero-order valence-electron chi connectivity index (χ0n) is 12.8. The van der Waals surface area contributed by atoms with Crippen LogP contribution in [0.4, 0.5) is 4.79 Å². The van der Waals surface area contributed by atoms with E-state index in [1.54, 1.807) is 20.8 Å². The molecule has 0 aromatic carbocycles. The zero-order chi connectivity index (χ0) is 16.5. The minimum atomic E-state index is -1.45. The van der Waals surface area contributed by atoms with Crippen molar-refractivity contribution in [1.29, 1.82) is 0 Å². The number of carbonyl (C=O) groups is 2. The molecule has 1 amide bonds. The van der Waals surface area contributed by atoms with Gasteiger partial charge in [0.1, 0.15) is 5.60 Å². The number of nitrogens with one attached hydrogen (secondary N) is 1. The van der Waals surface area contributed by atoms with Gasteiger partial charge in [0.15, 0.2) is 5.54 Å². The van der Waals surface area contributed by atoms with E-state index in [4.69, 9.17) is 16.3 Å². The predicted molar refractivity (Wildman–Crippen MR) is 79.7 cm³/mol. The molecule has 122 valence electrons.